The van der Waals surface area contributed by atoms with Crippen LogP contribution < -0.4 is 0 Å². The van der Waals surface area contributed by atoms with Crippen LogP contribution in [0.25, 0.3) is 0 Å². The number of carbonyl (C=O) groups excluding carboxylic acids is 2. The number of carbonyl (C=O) groups is 2. The summed E-state index contributed by atoms with van der Waals surface area (Å²) in [6.07, 6.45) is 0. The normalized spacial score (nSPS) is 29.1. The fraction of sp³-hybridized carbons (Fsp3) is 0.171. The van der Waals surface area contributed by atoms with Gasteiger partial charge >= 0.3 is 0 Å². The smallest absolute Gasteiger partial charge is 0.168 e. The minimum Gasteiger partial charge on any atom is -0.294 e. The molecule has 0 aromatic heterocycles. The van der Waals surface area contributed by atoms with Crippen molar-refractivity contribution in [3.05, 3.63) is 328 Å². The van der Waals surface area contributed by atoms with Crippen LogP contribution in [0.15, 0.2) is 205 Å². The molecule has 9 aromatic rings. The van der Waals surface area contributed by atoms with E-state index in [-0.39, 0.29) is 70.7 Å². The van der Waals surface area contributed by atoms with Gasteiger partial charge in [0, 0.05) is 82.1 Å². The van der Waals surface area contributed by atoms with Gasteiger partial charge in [0.1, 0.15) is 0 Å². The molecule has 14 aliphatic carbocycles. The average molecular weight is 917 g/mol. The summed E-state index contributed by atoms with van der Waals surface area (Å²) in [4.78, 5) is 35.4. The molecule has 0 saturated carbocycles. The van der Waals surface area contributed by atoms with Crippen LogP contribution in [0.4, 0.5) is 0 Å². The van der Waals surface area contributed by atoms with Gasteiger partial charge in [0.15, 0.2) is 11.6 Å². The second-order valence-corrected chi connectivity index (χ2v) is 22.7. The number of ketones is 2. The summed E-state index contributed by atoms with van der Waals surface area (Å²) in [7, 11) is 0. The van der Waals surface area contributed by atoms with Gasteiger partial charge in [-0.15, -0.1) is 0 Å². The van der Waals surface area contributed by atoms with Crippen molar-refractivity contribution >= 4 is 11.6 Å². The molecule has 0 N–H and O–H groups in total. The van der Waals surface area contributed by atoms with Crippen LogP contribution in [0.3, 0.4) is 0 Å². The summed E-state index contributed by atoms with van der Waals surface area (Å²) in [6.45, 7) is 0. The zero-order valence-corrected chi connectivity index (χ0v) is 39.2. The molecular weight excluding hydrogens is 873 g/mol. The van der Waals surface area contributed by atoms with Crippen LogP contribution >= 0.6 is 0 Å². The Labute approximate surface area is 417 Å². The van der Waals surface area contributed by atoms with E-state index in [0.29, 0.717) is 0 Å². The SMILES string of the molecule is O=C1c2c(c3c(c4c2C2c5ccccc5C4c4ccccc42)C2c4ccccc4C3c3ccccc32)C(=O)C2C3C(=C4C5c6ccccc6C(c6ccccc65)C4C12)C1c2ccccc2C3c2ccccc21. The maximum absolute atomic E-state index is 17.7. The molecule has 2 heteroatoms. The summed E-state index contributed by atoms with van der Waals surface area (Å²) in [5.74, 6) is -1.51. The van der Waals surface area contributed by atoms with E-state index in [2.05, 4.69) is 194 Å². The summed E-state index contributed by atoms with van der Waals surface area (Å²) in [5, 5.41) is 0. The Balaban J connectivity index is 0.978. The van der Waals surface area contributed by atoms with E-state index >= 15 is 9.59 Å². The maximum atomic E-state index is 17.7. The molecule has 8 bridgehead atoms. The van der Waals surface area contributed by atoms with Gasteiger partial charge in [0.25, 0.3) is 0 Å². The fourth-order valence-electron chi connectivity index (χ4n) is 18.7. The molecule has 14 aliphatic rings. The van der Waals surface area contributed by atoms with Crippen molar-refractivity contribution in [2.24, 2.45) is 23.7 Å². The molecule has 0 fully saturated rings. The molecule has 4 unspecified atom stereocenters. The van der Waals surface area contributed by atoms with E-state index in [0.717, 1.165) is 22.3 Å². The van der Waals surface area contributed by atoms with E-state index in [1.807, 2.05) is 0 Å². The maximum Gasteiger partial charge on any atom is 0.168 e. The molecule has 336 valence electrons. The summed E-state index contributed by atoms with van der Waals surface area (Å²) < 4.78 is 0. The zero-order chi connectivity index (χ0) is 46.6. The fourth-order valence-corrected chi connectivity index (χ4v) is 18.7. The lowest BCUT2D eigenvalue weighted by atomic mass is 9.40. The molecule has 72 heavy (non-hydrogen) atoms. The van der Waals surface area contributed by atoms with Gasteiger partial charge < -0.3 is 0 Å². The molecule has 0 heterocycles. The quantitative estimate of drug-likeness (QED) is 0.142. The second-order valence-electron chi connectivity index (χ2n) is 22.7. The largest absolute Gasteiger partial charge is 0.294 e. The number of hydrogen-bond acceptors (Lipinski definition) is 2. The Morgan fingerprint density at radius 2 is 0.403 bits per heavy atom. The summed E-state index contributed by atoms with van der Waals surface area (Å²) in [6, 6.07) is 72.9. The predicted molar refractivity (Wildman–Crippen MR) is 279 cm³/mol. The number of rotatable bonds is 0. The number of fused-ring (bicyclic) bond motifs is 2. The first kappa shape index (κ1) is 37.8. The molecule has 0 spiro atoms. The van der Waals surface area contributed by atoms with Gasteiger partial charge in [-0.3, -0.25) is 9.59 Å². The highest BCUT2D eigenvalue weighted by Crippen LogP contribution is 2.74. The van der Waals surface area contributed by atoms with Crippen molar-refractivity contribution in [2.45, 2.75) is 47.3 Å². The van der Waals surface area contributed by atoms with Gasteiger partial charge in [0.05, 0.1) is 0 Å². The van der Waals surface area contributed by atoms with Crippen molar-refractivity contribution in [1.82, 2.24) is 0 Å². The first-order chi connectivity index (χ1) is 35.7. The molecule has 2 nitrogen and oxygen atoms in total. The summed E-state index contributed by atoms with van der Waals surface area (Å²) in [5.41, 5.74) is 30.6. The lowest BCUT2D eigenvalue weighted by Crippen LogP contribution is -2.57. The minimum absolute atomic E-state index is 0.00442. The standard InChI is InChI=1S/C70H44O2/c71-69-65-61-53-41-25-9-1-17-33(41)49(34-18-2-10-26-42(34)53)57(61)58-50-35-19-3-11-27-43(35)54(44-28-12-4-20-36(44)50)62(58)66(65)70(72)68-64-56-47-31-15-7-23-39(47)52(40-24-8-16-32-48(40)56)60(64)59-51-37-21-5-13-29-45(37)55(63(59)67(68)69)46-30-14-6-22-38(46)51/h1-32,49-56,61-62,65-66H. The van der Waals surface area contributed by atoms with Gasteiger partial charge in [-0.25, -0.2) is 0 Å². The van der Waals surface area contributed by atoms with E-state index in [1.165, 1.54) is 111 Å². The number of benzene rings is 9. The third-order valence-corrected chi connectivity index (χ3v) is 20.5. The molecule has 4 atom stereocenters. The highest BCUT2D eigenvalue weighted by molar-refractivity contribution is 6.20. The van der Waals surface area contributed by atoms with Crippen LogP contribution in [0.5, 0.6) is 0 Å². The van der Waals surface area contributed by atoms with Crippen LogP contribution in [0, 0.1) is 23.7 Å². The van der Waals surface area contributed by atoms with Crippen LogP contribution in [0.2, 0.25) is 0 Å². The lowest BCUT2D eigenvalue weighted by Gasteiger charge is -2.62. The number of hydrogen-bond donors (Lipinski definition) is 0. The van der Waals surface area contributed by atoms with Crippen LogP contribution in [-0.2, 0) is 0 Å². The van der Waals surface area contributed by atoms with Gasteiger partial charge in [0.2, 0.25) is 0 Å². The molecule has 0 amide bonds. The molecule has 0 saturated heterocycles. The van der Waals surface area contributed by atoms with Gasteiger partial charge in [-0.1, -0.05) is 205 Å². The molecular formula is C70H44O2. The number of Topliss-reactive ketones (excluding diaryl/α,β-unsaturated/α-hetero) is 2. The van der Waals surface area contributed by atoms with E-state index in [1.54, 1.807) is 0 Å². The van der Waals surface area contributed by atoms with Crippen molar-refractivity contribution in [2.75, 3.05) is 0 Å². The second kappa shape index (κ2) is 12.7. The van der Waals surface area contributed by atoms with Crippen molar-refractivity contribution in [3.8, 4) is 0 Å². The first-order valence-electron chi connectivity index (χ1n) is 26.4. The molecule has 9 aromatic carbocycles. The Bertz CT molecular complexity index is 3690. The van der Waals surface area contributed by atoms with Gasteiger partial charge in [-0.05, 0) is 111 Å². The third kappa shape index (κ3) is 4.02. The molecule has 23 rings (SSSR count). The van der Waals surface area contributed by atoms with Crippen LogP contribution in [-0.4, -0.2) is 11.6 Å². The number of allylic oxidation sites excluding steroid dienone is 2. The Morgan fingerprint density at radius 1 is 0.208 bits per heavy atom. The minimum atomic E-state index is -0.532. The summed E-state index contributed by atoms with van der Waals surface area (Å²) >= 11 is 0. The first-order valence-corrected chi connectivity index (χ1v) is 26.4. The van der Waals surface area contributed by atoms with Crippen LogP contribution in [0.1, 0.15) is 179 Å². The highest BCUT2D eigenvalue weighted by atomic mass is 16.1. The zero-order valence-electron chi connectivity index (χ0n) is 39.2. The van der Waals surface area contributed by atoms with E-state index in [9.17, 15) is 0 Å². The van der Waals surface area contributed by atoms with E-state index < -0.39 is 11.8 Å². The highest BCUT2D eigenvalue weighted by Gasteiger charge is 2.67. The molecule has 0 radical (unpaired) electrons. The Kier molecular flexibility index (Phi) is 6.69. The van der Waals surface area contributed by atoms with Crippen molar-refractivity contribution in [1.29, 1.82) is 0 Å². The van der Waals surface area contributed by atoms with Crippen molar-refractivity contribution < 1.29 is 9.59 Å². The Morgan fingerprint density at radius 3 is 0.639 bits per heavy atom. The monoisotopic (exact) mass is 916 g/mol. The predicted octanol–water partition coefficient (Wildman–Crippen LogP) is 14.4. The van der Waals surface area contributed by atoms with E-state index in [4.69, 9.17) is 0 Å². The lowest BCUT2D eigenvalue weighted by molar-refractivity contribution is 0.0528. The third-order valence-electron chi connectivity index (χ3n) is 20.5. The topological polar surface area (TPSA) is 34.1 Å². The Hall–Kier alpha value is -7.94. The van der Waals surface area contributed by atoms with Crippen molar-refractivity contribution in [3.63, 3.8) is 0 Å². The molecule has 0 aliphatic heterocycles. The van der Waals surface area contributed by atoms with Gasteiger partial charge in [-0.2, -0.15) is 0 Å². The average Bonchev–Trinajstić information content (AvgIpc) is 3.46.